The molecule has 4 aromatic rings. The second-order valence-electron chi connectivity index (χ2n) is 15.8. The molecular weight excluding hydrogens is 745 g/mol. The lowest BCUT2D eigenvalue weighted by Gasteiger charge is -2.30. The Morgan fingerprint density at radius 2 is 1.33 bits per heavy atom. The zero-order valence-electron chi connectivity index (χ0n) is 33.9. The molecule has 310 valence electrons. The predicted molar refractivity (Wildman–Crippen MR) is 214 cm³/mol. The largest absolute Gasteiger partial charge is 0.453 e. The van der Waals surface area contributed by atoms with Crippen molar-refractivity contribution in [3.05, 3.63) is 72.6 Å². The van der Waals surface area contributed by atoms with Crippen LogP contribution in [0.1, 0.15) is 70.7 Å². The molecule has 5 heterocycles. The van der Waals surface area contributed by atoms with Crippen LogP contribution in [-0.4, -0.2) is 113 Å². The van der Waals surface area contributed by atoms with Gasteiger partial charge in [0.2, 0.25) is 5.91 Å². The van der Waals surface area contributed by atoms with E-state index in [1.807, 2.05) is 43.9 Å². The van der Waals surface area contributed by atoms with Gasteiger partial charge in [-0.1, -0.05) is 76.2 Å². The molecule has 1 spiro atoms. The lowest BCUT2D eigenvalue weighted by molar-refractivity contribution is -0.208. The van der Waals surface area contributed by atoms with Gasteiger partial charge in [-0.25, -0.2) is 19.6 Å². The molecular formula is C42H54N8O8. The number of hydroxylamine groups is 2. The number of aromatic amines is 2. The zero-order valence-corrected chi connectivity index (χ0v) is 33.9. The Labute approximate surface area is 338 Å². The van der Waals surface area contributed by atoms with Crippen LogP contribution in [-0.2, 0) is 28.6 Å². The Morgan fingerprint density at radius 1 is 0.793 bits per heavy atom. The third-order valence-electron chi connectivity index (χ3n) is 11.3. The molecule has 58 heavy (non-hydrogen) atoms. The minimum atomic E-state index is -0.780. The molecule has 2 aromatic heterocycles. The summed E-state index contributed by atoms with van der Waals surface area (Å²) < 4.78 is 21.7. The highest BCUT2D eigenvalue weighted by Gasteiger charge is 2.51. The molecule has 3 aliphatic rings. The van der Waals surface area contributed by atoms with Gasteiger partial charge in [0.05, 0.1) is 82.5 Å². The number of carbonyl (C=O) groups excluding carboxylic acids is 3. The molecule has 3 saturated heterocycles. The Hall–Kier alpha value is -5.29. The number of H-pyrrole nitrogens is 2. The summed E-state index contributed by atoms with van der Waals surface area (Å²) in [7, 11) is 2.64. The van der Waals surface area contributed by atoms with Crippen LogP contribution in [0.25, 0.3) is 33.6 Å². The number of nitrogens with zero attached hydrogens (tertiary/aromatic N) is 4. The molecule has 3 fully saturated rings. The fourth-order valence-electron chi connectivity index (χ4n) is 7.85. The smallest absolute Gasteiger partial charge is 0.407 e. The number of hydrogen-bond donors (Lipinski definition) is 4. The van der Waals surface area contributed by atoms with Gasteiger partial charge in [-0.05, 0) is 46.9 Å². The highest BCUT2D eigenvalue weighted by molar-refractivity contribution is 5.86. The van der Waals surface area contributed by atoms with Crippen LogP contribution in [0, 0.1) is 11.8 Å². The molecule has 0 bridgehead atoms. The van der Waals surface area contributed by atoms with Crippen molar-refractivity contribution in [3.8, 4) is 33.6 Å². The van der Waals surface area contributed by atoms with E-state index in [2.05, 4.69) is 74.1 Å². The molecule has 2 aromatic carbocycles. The van der Waals surface area contributed by atoms with E-state index in [0.717, 1.165) is 58.1 Å². The van der Waals surface area contributed by atoms with Gasteiger partial charge in [0.1, 0.15) is 17.7 Å². The highest BCUT2D eigenvalue weighted by atomic mass is 16.8. The van der Waals surface area contributed by atoms with Crippen LogP contribution in [0.4, 0.5) is 9.59 Å². The van der Waals surface area contributed by atoms with Gasteiger partial charge < -0.3 is 44.4 Å². The standard InChI is InChI=1S/C42H54N8O8/c1-25(2)33(47-40(52)54-5)23-58-50-24-42(56-18-19-57-42)20-35(50)38-44-22-32(46-38)30-15-11-28(12-16-30)27-9-13-29(14-10-27)31-21-43-37(45-31)34-8-7-17-49(34)39(51)36(26(3)4)48-41(53)55-6/h9-16,21-22,25-26,33-36H,7-8,17-20,23-24H2,1-6H3,(H,43,45)(H,44,46)(H,47,52)(H,48,53)/t33-,34+,35+,36+/m1/s1. The van der Waals surface area contributed by atoms with Gasteiger partial charge in [0, 0.05) is 13.0 Å². The van der Waals surface area contributed by atoms with Crippen molar-refractivity contribution in [3.63, 3.8) is 0 Å². The van der Waals surface area contributed by atoms with Crippen molar-refractivity contribution in [1.29, 1.82) is 0 Å². The van der Waals surface area contributed by atoms with Gasteiger partial charge in [0.25, 0.3) is 0 Å². The second kappa shape index (κ2) is 17.7. The fourth-order valence-corrected chi connectivity index (χ4v) is 7.85. The first kappa shape index (κ1) is 40.9. The predicted octanol–water partition coefficient (Wildman–Crippen LogP) is 5.98. The van der Waals surface area contributed by atoms with Crippen molar-refractivity contribution in [2.75, 3.05) is 47.1 Å². The summed E-state index contributed by atoms with van der Waals surface area (Å²) in [6.45, 7) is 10.1. The molecule has 0 saturated carbocycles. The maximum absolute atomic E-state index is 13.6. The van der Waals surface area contributed by atoms with E-state index in [4.69, 9.17) is 28.8 Å². The maximum Gasteiger partial charge on any atom is 0.407 e. The number of rotatable bonds is 13. The first-order valence-electron chi connectivity index (χ1n) is 20.0. The summed E-state index contributed by atoms with van der Waals surface area (Å²) in [5, 5.41) is 7.40. The minimum absolute atomic E-state index is 0.105. The molecule has 16 nitrogen and oxygen atoms in total. The SMILES string of the molecule is COC(=O)N[C@H](C(=O)N1CCC[C@H]1c1ncc(-c2ccc(-c3ccc(-c4cnc([C@@H]5CC6(CN5OC[C@@H](NC(=O)OC)C(C)C)OCCO6)[nH]4)cc3)cc2)[nH]1)C(C)C. The summed E-state index contributed by atoms with van der Waals surface area (Å²) in [5.41, 5.74) is 5.82. The van der Waals surface area contributed by atoms with Crippen molar-refractivity contribution >= 4 is 18.1 Å². The molecule has 16 heteroatoms. The number of methoxy groups -OCH3 is 2. The number of alkyl carbamates (subject to hydrolysis) is 2. The topological polar surface area (TPSA) is 185 Å². The summed E-state index contributed by atoms with van der Waals surface area (Å²) in [4.78, 5) is 62.0. The third-order valence-corrected chi connectivity index (χ3v) is 11.3. The van der Waals surface area contributed by atoms with Gasteiger partial charge in [-0.3, -0.25) is 9.63 Å². The number of hydrogen-bond acceptors (Lipinski definition) is 11. The summed E-state index contributed by atoms with van der Waals surface area (Å²) >= 11 is 0. The Balaban J connectivity index is 1.00. The van der Waals surface area contributed by atoms with Gasteiger partial charge in [-0.2, -0.15) is 5.06 Å². The average Bonchev–Trinajstić information content (AvgIpc) is 4.09. The number of ether oxygens (including phenoxy) is 4. The molecule has 7 rings (SSSR count). The quantitative estimate of drug-likeness (QED) is 0.125. The van der Waals surface area contributed by atoms with Crippen LogP contribution >= 0.6 is 0 Å². The second-order valence-corrected chi connectivity index (χ2v) is 15.8. The van der Waals surface area contributed by atoms with Crippen LogP contribution in [0.15, 0.2) is 60.9 Å². The number of nitrogens with one attached hydrogen (secondary N) is 4. The third kappa shape index (κ3) is 8.89. The minimum Gasteiger partial charge on any atom is -0.453 e. The summed E-state index contributed by atoms with van der Waals surface area (Å²) in [6.07, 6.45) is 4.68. The number of likely N-dealkylation sites (tertiary alicyclic amines) is 1. The summed E-state index contributed by atoms with van der Waals surface area (Å²) in [6, 6.07) is 15.2. The number of aromatic nitrogens is 4. The first-order chi connectivity index (χ1) is 28.0. The van der Waals surface area contributed by atoms with Gasteiger partial charge in [0.15, 0.2) is 5.79 Å². The van der Waals surface area contributed by atoms with Crippen LogP contribution in [0.5, 0.6) is 0 Å². The molecule has 3 amide bonds. The van der Waals surface area contributed by atoms with E-state index in [1.165, 1.54) is 14.2 Å². The highest BCUT2D eigenvalue weighted by Crippen LogP contribution is 2.42. The molecule has 0 unspecified atom stereocenters. The number of carbonyl (C=O) groups is 3. The normalized spacial score (nSPS) is 20.2. The summed E-state index contributed by atoms with van der Waals surface area (Å²) in [5.74, 6) is 0.552. The van der Waals surface area contributed by atoms with Gasteiger partial charge in [-0.15, -0.1) is 0 Å². The molecule has 3 aliphatic heterocycles. The van der Waals surface area contributed by atoms with E-state index < -0.39 is 24.0 Å². The maximum atomic E-state index is 13.6. The number of benzene rings is 2. The van der Waals surface area contributed by atoms with Crippen LogP contribution in [0.3, 0.4) is 0 Å². The van der Waals surface area contributed by atoms with E-state index in [9.17, 15) is 14.4 Å². The lowest BCUT2D eigenvalue weighted by Crippen LogP contribution is -2.51. The van der Waals surface area contributed by atoms with Crippen molar-refractivity contribution in [1.82, 2.24) is 40.5 Å². The van der Waals surface area contributed by atoms with E-state index >= 15 is 0 Å². The average molecular weight is 799 g/mol. The fraction of sp³-hybridized carbons (Fsp3) is 0.500. The Morgan fingerprint density at radius 3 is 1.86 bits per heavy atom. The van der Waals surface area contributed by atoms with Crippen molar-refractivity contribution < 1.29 is 38.2 Å². The van der Waals surface area contributed by atoms with Gasteiger partial charge >= 0.3 is 12.2 Å². The number of amides is 3. The molecule has 4 atom stereocenters. The molecule has 4 N–H and O–H groups in total. The zero-order chi connectivity index (χ0) is 41.0. The number of imidazole rings is 2. The monoisotopic (exact) mass is 798 g/mol. The Kier molecular flexibility index (Phi) is 12.5. The molecule has 0 aliphatic carbocycles. The van der Waals surface area contributed by atoms with E-state index in [0.29, 0.717) is 32.7 Å². The van der Waals surface area contributed by atoms with Crippen LogP contribution in [0.2, 0.25) is 0 Å². The van der Waals surface area contributed by atoms with Crippen molar-refractivity contribution in [2.24, 2.45) is 11.8 Å². The lowest BCUT2D eigenvalue weighted by atomic mass is 10.0. The first-order valence-corrected chi connectivity index (χ1v) is 20.0. The Bertz CT molecular complexity index is 2020. The van der Waals surface area contributed by atoms with Crippen LogP contribution < -0.4 is 10.6 Å². The molecule has 0 radical (unpaired) electrons. The van der Waals surface area contributed by atoms with Crippen molar-refractivity contribution in [2.45, 2.75) is 76.9 Å². The van der Waals surface area contributed by atoms with E-state index in [1.54, 1.807) is 6.20 Å². The van der Waals surface area contributed by atoms with E-state index in [-0.39, 0.29) is 42.5 Å².